The van der Waals surface area contributed by atoms with E-state index in [9.17, 15) is 0 Å². The fourth-order valence-electron chi connectivity index (χ4n) is 0.902. The lowest BCUT2D eigenvalue weighted by Crippen LogP contribution is -2.12. The largest absolute Gasteiger partial charge is 0.399 e. The predicted molar refractivity (Wildman–Crippen MR) is 32.1 cm³/mol. The van der Waals surface area contributed by atoms with Crippen LogP contribution in [0.5, 0.6) is 0 Å². The smallest absolute Gasteiger partial charge is 0.0966 e. The fourth-order valence-corrected chi connectivity index (χ4v) is 0.902. The summed E-state index contributed by atoms with van der Waals surface area (Å²) in [4.78, 5) is 0. The molecule has 0 saturated carbocycles. The molecule has 0 saturated heterocycles. The van der Waals surface area contributed by atoms with E-state index in [-0.39, 0.29) is 0 Å². The van der Waals surface area contributed by atoms with Crippen molar-refractivity contribution in [2.75, 3.05) is 0 Å². The molecule has 1 aliphatic rings. The molecule has 0 spiro atoms. The van der Waals surface area contributed by atoms with Gasteiger partial charge in [-0.15, -0.1) is 0 Å². The number of allylic oxidation sites excluding steroid dienone is 1. The van der Waals surface area contributed by atoms with Gasteiger partial charge in [0.05, 0.1) is 23.4 Å². The topological polar surface area (TPSA) is 70.0 Å². The minimum absolute atomic E-state index is 0.359. The zero-order valence-corrected chi connectivity index (χ0v) is 4.96. The molecule has 0 aromatic carbocycles. The molecule has 3 heteroatoms. The molecule has 9 heavy (non-hydrogen) atoms. The van der Waals surface area contributed by atoms with Gasteiger partial charge in [0.1, 0.15) is 0 Å². The Morgan fingerprint density at radius 1 is 1.78 bits per heavy atom. The Kier molecular flexibility index (Phi) is 1.41. The lowest BCUT2D eigenvalue weighted by Gasteiger charge is -1.98. The number of hydrogen-bond donors (Lipinski definition) is 2. The molecule has 0 bridgehead atoms. The van der Waals surface area contributed by atoms with Crippen molar-refractivity contribution in [3.63, 3.8) is 0 Å². The van der Waals surface area contributed by atoms with Crippen molar-refractivity contribution in [2.24, 2.45) is 5.73 Å². The molecule has 3 N–H and O–H groups in total. The first kappa shape index (κ1) is 6.12. The Morgan fingerprint density at radius 3 is 2.67 bits per heavy atom. The highest BCUT2D eigenvalue weighted by Gasteiger charge is 2.19. The van der Waals surface area contributed by atoms with Crippen LogP contribution < -0.4 is 5.73 Å². The van der Waals surface area contributed by atoms with Crippen molar-refractivity contribution in [3.8, 4) is 6.07 Å². The van der Waals surface area contributed by atoms with E-state index in [0.29, 0.717) is 24.1 Å². The minimum Gasteiger partial charge on any atom is -0.399 e. The summed E-state index contributed by atoms with van der Waals surface area (Å²) in [6.07, 6.45) is 0.665. The number of hydrogen-bond acceptors (Lipinski definition) is 3. The lowest BCUT2D eigenvalue weighted by molar-refractivity contribution is 0.210. The molecular formula is C6H8N2O. The van der Waals surface area contributed by atoms with E-state index in [1.807, 2.05) is 6.07 Å². The molecule has 0 amide bonds. The zero-order valence-electron chi connectivity index (χ0n) is 4.96. The van der Waals surface area contributed by atoms with Crippen molar-refractivity contribution in [1.82, 2.24) is 0 Å². The maximum Gasteiger partial charge on any atom is 0.0966 e. The summed E-state index contributed by atoms with van der Waals surface area (Å²) in [6.45, 7) is 0. The van der Waals surface area contributed by atoms with Crippen LogP contribution >= 0.6 is 0 Å². The maximum atomic E-state index is 8.97. The standard InChI is InChI=1S/C6H8N2O/c7-3-4-1-2-5(9)6(4)8/h5,9H,1-2,8H2. The summed E-state index contributed by atoms with van der Waals surface area (Å²) < 4.78 is 0. The third kappa shape index (κ3) is 0.889. The fraction of sp³-hybridized carbons (Fsp3) is 0.500. The van der Waals surface area contributed by atoms with Crippen molar-refractivity contribution >= 4 is 0 Å². The van der Waals surface area contributed by atoms with E-state index in [4.69, 9.17) is 16.1 Å². The normalized spacial score (nSPS) is 26.4. The first-order valence-corrected chi connectivity index (χ1v) is 2.82. The Labute approximate surface area is 53.4 Å². The van der Waals surface area contributed by atoms with E-state index in [1.165, 1.54) is 0 Å². The van der Waals surface area contributed by atoms with Gasteiger partial charge in [0.15, 0.2) is 0 Å². The molecule has 0 aromatic heterocycles. The second-order valence-electron chi connectivity index (χ2n) is 2.10. The number of aliphatic hydroxyl groups is 1. The molecule has 0 aliphatic heterocycles. The summed E-state index contributed by atoms with van der Waals surface area (Å²) in [7, 11) is 0. The molecule has 3 nitrogen and oxygen atoms in total. The number of rotatable bonds is 0. The van der Waals surface area contributed by atoms with Gasteiger partial charge in [0, 0.05) is 0 Å². The van der Waals surface area contributed by atoms with Crippen LogP contribution in [0.2, 0.25) is 0 Å². The lowest BCUT2D eigenvalue weighted by atomic mass is 10.2. The molecule has 1 rings (SSSR count). The van der Waals surface area contributed by atoms with Crippen molar-refractivity contribution in [3.05, 3.63) is 11.3 Å². The van der Waals surface area contributed by atoms with Crippen LogP contribution in [0.4, 0.5) is 0 Å². The third-order valence-corrected chi connectivity index (χ3v) is 1.51. The summed E-state index contributed by atoms with van der Waals surface area (Å²) in [5.41, 5.74) is 6.24. The molecule has 0 fully saturated rings. The van der Waals surface area contributed by atoms with Gasteiger partial charge in [-0.3, -0.25) is 0 Å². The van der Waals surface area contributed by atoms with Gasteiger partial charge in [0.2, 0.25) is 0 Å². The summed E-state index contributed by atoms with van der Waals surface area (Å²) in [6, 6.07) is 1.94. The van der Waals surface area contributed by atoms with Gasteiger partial charge >= 0.3 is 0 Å². The van der Waals surface area contributed by atoms with Gasteiger partial charge in [-0.25, -0.2) is 0 Å². The van der Waals surface area contributed by atoms with Crippen LogP contribution in [0.25, 0.3) is 0 Å². The molecule has 0 radical (unpaired) electrons. The van der Waals surface area contributed by atoms with E-state index in [0.717, 1.165) is 0 Å². The molecule has 1 aliphatic carbocycles. The second kappa shape index (κ2) is 2.08. The Hall–Kier alpha value is -1.01. The van der Waals surface area contributed by atoms with Crippen LogP contribution in [0.3, 0.4) is 0 Å². The summed E-state index contributed by atoms with van der Waals surface area (Å²) in [5.74, 6) is 0. The molecule has 1 atom stereocenters. The first-order valence-electron chi connectivity index (χ1n) is 2.82. The SMILES string of the molecule is N#CC1=C(N)C(O)CC1. The summed E-state index contributed by atoms with van der Waals surface area (Å²) >= 11 is 0. The van der Waals surface area contributed by atoms with Gasteiger partial charge < -0.3 is 10.8 Å². The van der Waals surface area contributed by atoms with Crippen molar-refractivity contribution in [2.45, 2.75) is 18.9 Å². The Bertz CT molecular complexity index is 190. The van der Waals surface area contributed by atoms with Gasteiger partial charge in [-0.2, -0.15) is 5.26 Å². The van der Waals surface area contributed by atoms with E-state index >= 15 is 0 Å². The van der Waals surface area contributed by atoms with Crippen LogP contribution in [0.1, 0.15) is 12.8 Å². The third-order valence-electron chi connectivity index (χ3n) is 1.51. The quantitative estimate of drug-likeness (QED) is 0.473. The number of nitrogens with two attached hydrogens (primary N) is 1. The van der Waals surface area contributed by atoms with Gasteiger partial charge in [0.25, 0.3) is 0 Å². The molecule has 48 valence electrons. The number of nitriles is 1. The minimum atomic E-state index is -0.570. The Balaban J connectivity index is 2.83. The average Bonchev–Trinajstić information content (AvgIpc) is 2.15. The second-order valence-corrected chi connectivity index (χ2v) is 2.10. The number of aliphatic hydroxyl groups excluding tert-OH is 1. The highest BCUT2D eigenvalue weighted by molar-refractivity contribution is 5.32. The van der Waals surface area contributed by atoms with Crippen LogP contribution in [-0.4, -0.2) is 11.2 Å². The molecule has 0 heterocycles. The molecular weight excluding hydrogens is 116 g/mol. The first-order chi connectivity index (χ1) is 4.25. The van der Waals surface area contributed by atoms with Crippen LogP contribution in [0.15, 0.2) is 11.3 Å². The van der Waals surface area contributed by atoms with E-state index < -0.39 is 6.10 Å². The predicted octanol–water partition coefficient (Wildman–Crippen LogP) is -0.123. The molecule has 1 unspecified atom stereocenters. The van der Waals surface area contributed by atoms with Crippen LogP contribution in [0, 0.1) is 11.3 Å². The van der Waals surface area contributed by atoms with Crippen molar-refractivity contribution in [1.29, 1.82) is 5.26 Å². The monoisotopic (exact) mass is 124 g/mol. The average molecular weight is 124 g/mol. The van der Waals surface area contributed by atoms with E-state index in [1.54, 1.807) is 0 Å². The van der Waals surface area contributed by atoms with Gasteiger partial charge in [-0.05, 0) is 12.8 Å². The maximum absolute atomic E-state index is 8.97. The molecule has 0 aromatic rings. The van der Waals surface area contributed by atoms with Gasteiger partial charge in [-0.1, -0.05) is 0 Å². The number of nitrogens with zero attached hydrogens (tertiary/aromatic N) is 1. The Morgan fingerprint density at radius 2 is 2.44 bits per heavy atom. The summed E-state index contributed by atoms with van der Waals surface area (Å²) in [5, 5.41) is 17.3. The highest BCUT2D eigenvalue weighted by Crippen LogP contribution is 2.21. The van der Waals surface area contributed by atoms with Crippen LogP contribution in [-0.2, 0) is 0 Å². The van der Waals surface area contributed by atoms with Crippen molar-refractivity contribution < 1.29 is 5.11 Å². The van der Waals surface area contributed by atoms with E-state index in [2.05, 4.69) is 0 Å². The zero-order chi connectivity index (χ0) is 6.85. The highest BCUT2D eigenvalue weighted by atomic mass is 16.3.